The van der Waals surface area contributed by atoms with Gasteiger partial charge in [0.05, 0.1) is 23.8 Å². The van der Waals surface area contributed by atoms with Crippen molar-refractivity contribution in [2.24, 2.45) is 0 Å². The topological polar surface area (TPSA) is 66.2 Å². The highest BCUT2D eigenvalue weighted by molar-refractivity contribution is 5.95. The first-order valence-corrected chi connectivity index (χ1v) is 7.95. The van der Waals surface area contributed by atoms with Crippen LogP contribution in [0.4, 0.5) is 0 Å². The second-order valence-corrected chi connectivity index (χ2v) is 5.88. The Hall–Kier alpha value is -2.71. The molecule has 0 radical (unpaired) electrons. The van der Waals surface area contributed by atoms with E-state index in [-0.39, 0.29) is 18.1 Å². The van der Waals surface area contributed by atoms with E-state index in [0.717, 1.165) is 18.4 Å². The SMILES string of the molecule is CO[C@@H]1CCN(C(=O)c2cccc(C#N)c2)[C@@H]1Cc1ccncc1. The van der Waals surface area contributed by atoms with Gasteiger partial charge in [0.2, 0.25) is 0 Å². The molecule has 0 spiro atoms. The molecule has 0 saturated carbocycles. The fourth-order valence-corrected chi connectivity index (χ4v) is 3.24. The number of likely N-dealkylation sites (tertiary alicyclic amines) is 1. The summed E-state index contributed by atoms with van der Waals surface area (Å²) in [4.78, 5) is 18.8. The van der Waals surface area contributed by atoms with E-state index < -0.39 is 0 Å². The van der Waals surface area contributed by atoms with E-state index in [1.54, 1.807) is 43.8 Å². The van der Waals surface area contributed by atoms with Crippen LogP contribution < -0.4 is 0 Å². The van der Waals surface area contributed by atoms with Gasteiger partial charge in [0.1, 0.15) is 0 Å². The molecule has 2 heterocycles. The molecule has 1 aromatic carbocycles. The van der Waals surface area contributed by atoms with E-state index in [1.807, 2.05) is 17.0 Å². The molecule has 1 aromatic heterocycles. The van der Waals surface area contributed by atoms with Gasteiger partial charge in [-0.15, -0.1) is 0 Å². The molecular formula is C19H19N3O2. The minimum Gasteiger partial charge on any atom is -0.379 e. The molecule has 1 fully saturated rings. The van der Waals surface area contributed by atoms with Gasteiger partial charge in [-0.3, -0.25) is 9.78 Å². The van der Waals surface area contributed by atoms with Crippen LogP contribution in [-0.4, -0.2) is 41.6 Å². The van der Waals surface area contributed by atoms with Crippen molar-refractivity contribution in [3.05, 3.63) is 65.5 Å². The first-order chi connectivity index (χ1) is 11.7. The van der Waals surface area contributed by atoms with E-state index in [2.05, 4.69) is 11.1 Å². The first-order valence-electron chi connectivity index (χ1n) is 7.95. The number of nitriles is 1. The molecule has 0 unspecified atom stereocenters. The second-order valence-electron chi connectivity index (χ2n) is 5.88. The summed E-state index contributed by atoms with van der Waals surface area (Å²) in [5.74, 6) is -0.0503. The summed E-state index contributed by atoms with van der Waals surface area (Å²) >= 11 is 0. The highest BCUT2D eigenvalue weighted by Gasteiger charge is 2.37. The minimum atomic E-state index is -0.0503. The molecule has 1 saturated heterocycles. The predicted octanol–water partition coefficient (Wildman–Crippen LogP) is 2.43. The molecule has 1 aliphatic heterocycles. The summed E-state index contributed by atoms with van der Waals surface area (Å²) in [6.07, 6.45) is 5.07. The Morgan fingerprint density at radius 1 is 1.38 bits per heavy atom. The van der Waals surface area contributed by atoms with Gasteiger partial charge < -0.3 is 9.64 Å². The standard InChI is InChI=1S/C19H19N3O2/c1-24-18-7-10-22(17(18)12-14-5-8-21-9-6-14)19(23)16-4-2-3-15(11-16)13-20/h2-6,8-9,11,17-18H,7,10,12H2,1H3/t17-,18-/m1/s1. The third kappa shape index (κ3) is 3.29. The Bertz CT molecular complexity index is 755. The normalized spacial score (nSPS) is 19.9. The van der Waals surface area contributed by atoms with E-state index in [0.29, 0.717) is 17.7 Å². The number of rotatable bonds is 4. The lowest BCUT2D eigenvalue weighted by molar-refractivity contribution is 0.0508. The zero-order valence-corrected chi connectivity index (χ0v) is 13.6. The van der Waals surface area contributed by atoms with Crippen molar-refractivity contribution in [1.82, 2.24) is 9.88 Å². The van der Waals surface area contributed by atoms with Gasteiger partial charge in [-0.05, 0) is 48.7 Å². The van der Waals surface area contributed by atoms with Crippen LogP contribution >= 0.6 is 0 Å². The van der Waals surface area contributed by atoms with Crippen molar-refractivity contribution >= 4 is 5.91 Å². The summed E-state index contributed by atoms with van der Waals surface area (Å²) in [5, 5.41) is 9.04. The van der Waals surface area contributed by atoms with E-state index in [4.69, 9.17) is 10.00 Å². The zero-order chi connectivity index (χ0) is 16.9. The largest absolute Gasteiger partial charge is 0.379 e. The molecule has 5 heteroatoms. The molecule has 0 aliphatic carbocycles. The fourth-order valence-electron chi connectivity index (χ4n) is 3.24. The van der Waals surface area contributed by atoms with Gasteiger partial charge in [0.15, 0.2) is 0 Å². The second kappa shape index (κ2) is 7.24. The maximum absolute atomic E-state index is 12.9. The monoisotopic (exact) mass is 321 g/mol. The number of benzene rings is 1. The van der Waals surface area contributed by atoms with Crippen molar-refractivity contribution < 1.29 is 9.53 Å². The van der Waals surface area contributed by atoms with Gasteiger partial charge in [-0.25, -0.2) is 0 Å². The average Bonchev–Trinajstić information content (AvgIpc) is 3.04. The van der Waals surface area contributed by atoms with E-state index >= 15 is 0 Å². The number of carbonyl (C=O) groups is 1. The molecule has 0 bridgehead atoms. The number of carbonyl (C=O) groups excluding carboxylic acids is 1. The Kier molecular flexibility index (Phi) is 4.88. The van der Waals surface area contributed by atoms with Gasteiger partial charge >= 0.3 is 0 Å². The minimum absolute atomic E-state index is 0.0151. The molecular weight excluding hydrogens is 302 g/mol. The predicted molar refractivity (Wildman–Crippen MR) is 89.3 cm³/mol. The lowest BCUT2D eigenvalue weighted by Crippen LogP contribution is -2.41. The summed E-state index contributed by atoms with van der Waals surface area (Å²) < 4.78 is 5.60. The van der Waals surface area contributed by atoms with Crippen molar-refractivity contribution in [3.63, 3.8) is 0 Å². The number of amides is 1. The molecule has 122 valence electrons. The van der Waals surface area contributed by atoms with Crippen LogP contribution in [0.15, 0.2) is 48.8 Å². The van der Waals surface area contributed by atoms with Gasteiger partial charge in [-0.1, -0.05) is 6.07 Å². The number of methoxy groups -OCH3 is 1. The highest BCUT2D eigenvalue weighted by atomic mass is 16.5. The van der Waals surface area contributed by atoms with E-state index in [1.165, 1.54) is 0 Å². The molecule has 0 N–H and O–H groups in total. The Morgan fingerprint density at radius 3 is 2.88 bits per heavy atom. The molecule has 2 aromatic rings. The number of pyridine rings is 1. The molecule has 1 aliphatic rings. The van der Waals surface area contributed by atoms with Crippen molar-refractivity contribution in [2.75, 3.05) is 13.7 Å². The lowest BCUT2D eigenvalue weighted by atomic mass is 10.0. The van der Waals surface area contributed by atoms with Crippen LogP contribution in [-0.2, 0) is 11.2 Å². The van der Waals surface area contributed by atoms with Crippen LogP contribution in [0.1, 0.15) is 27.9 Å². The number of aromatic nitrogens is 1. The molecule has 2 atom stereocenters. The number of hydrogen-bond acceptors (Lipinski definition) is 4. The summed E-state index contributed by atoms with van der Waals surface area (Å²) in [7, 11) is 1.69. The smallest absolute Gasteiger partial charge is 0.254 e. The summed E-state index contributed by atoms with van der Waals surface area (Å²) in [6, 6.07) is 12.8. The van der Waals surface area contributed by atoms with Crippen molar-refractivity contribution in [2.45, 2.75) is 25.0 Å². The quantitative estimate of drug-likeness (QED) is 0.867. The van der Waals surface area contributed by atoms with Crippen LogP contribution in [0.25, 0.3) is 0 Å². The van der Waals surface area contributed by atoms with Crippen LogP contribution in [0.2, 0.25) is 0 Å². The van der Waals surface area contributed by atoms with Crippen LogP contribution in [0.5, 0.6) is 0 Å². The van der Waals surface area contributed by atoms with Crippen molar-refractivity contribution in [1.29, 1.82) is 5.26 Å². The average molecular weight is 321 g/mol. The maximum atomic E-state index is 12.9. The lowest BCUT2D eigenvalue weighted by Gasteiger charge is -2.28. The molecule has 3 rings (SSSR count). The third-order valence-electron chi connectivity index (χ3n) is 4.48. The third-order valence-corrected chi connectivity index (χ3v) is 4.48. The number of hydrogen-bond donors (Lipinski definition) is 0. The Balaban J connectivity index is 1.84. The van der Waals surface area contributed by atoms with Gasteiger partial charge in [0.25, 0.3) is 5.91 Å². The van der Waals surface area contributed by atoms with Crippen molar-refractivity contribution in [3.8, 4) is 6.07 Å². The summed E-state index contributed by atoms with van der Waals surface area (Å²) in [6.45, 7) is 0.657. The Labute approximate surface area is 141 Å². The number of nitrogens with zero attached hydrogens (tertiary/aromatic N) is 3. The molecule has 5 nitrogen and oxygen atoms in total. The van der Waals surface area contributed by atoms with E-state index in [9.17, 15) is 4.79 Å². The van der Waals surface area contributed by atoms with Gasteiger partial charge in [0, 0.05) is 31.6 Å². The fraction of sp³-hybridized carbons (Fsp3) is 0.316. The van der Waals surface area contributed by atoms with Crippen LogP contribution in [0, 0.1) is 11.3 Å². The Morgan fingerprint density at radius 2 is 2.17 bits per heavy atom. The zero-order valence-electron chi connectivity index (χ0n) is 13.6. The first kappa shape index (κ1) is 16.2. The van der Waals surface area contributed by atoms with Gasteiger partial charge in [-0.2, -0.15) is 5.26 Å². The molecule has 1 amide bonds. The molecule has 24 heavy (non-hydrogen) atoms. The number of ether oxygens (including phenoxy) is 1. The maximum Gasteiger partial charge on any atom is 0.254 e. The van der Waals surface area contributed by atoms with Crippen LogP contribution in [0.3, 0.4) is 0 Å². The summed E-state index contributed by atoms with van der Waals surface area (Å²) in [5.41, 5.74) is 2.17. The highest BCUT2D eigenvalue weighted by Crippen LogP contribution is 2.26.